The summed E-state index contributed by atoms with van der Waals surface area (Å²) >= 11 is 0. The van der Waals surface area contributed by atoms with Crippen LogP contribution >= 0.6 is 0 Å². The molecule has 2 rings (SSSR count). The van der Waals surface area contributed by atoms with Crippen molar-refractivity contribution >= 4 is 6.47 Å². The van der Waals surface area contributed by atoms with E-state index in [0.29, 0.717) is 12.2 Å². The van der Waals surface area contributed by atoms with Gasteiger partial charge < -0.3 is 15.2 Å². The van der Waals surface area contributed by atoms with Crippen molar-refractivity contribution in [3.05, 3.63) is 0 Å². The number of carbonyl (C=O) groups is 1. The lowest BCUT2D eigenvalue weighted by Crippen LogP contribution is -2.38. The van der Waals surface area contributed by atoms with E-state index in [0.717, 1.165) is 13.1 Å². The predicted molar refractivity (Wildman–Crippen MR) is 39.5 cm³/mol. The highest BCUT2D eigenvalue weighted by Gasteiger charge is 2.28. The summed E-state index contributed by atoms with van der Waals surface area (Å²) in [6.07, 6.45) is 3.65. The Morgan fingerprint density at radius 3 is 2.18 bits per heavy atom. The Labute approximate surface area is 65.5 Å². The van der Waals surface area contributed by atoms with Gasteiger partial charge in [-0.2, -0.15) is 0 Å². The molecule has 2 atom stereocenters. The molecule has 0 aromatic rings. The van der Waals surface area contributed by atoms with E-state index in [9.17, 15) is 0 Å². The molecule has 2 aliphatic rings. The van der Waals surface area contributed by atoms with Gasteiger partial charge in [0.05, 0.1) is 12.2 Å². The molecule has 0 amide bonds. The van der Waals surface area contributed by atoms with Gasteiger partial charge >= 0.3 is 0 Å². The molecule has 2 bridgehead atoms. The van der Waals surface area contributed by atoms with Crippen LogP contribution in [0, 0.1) is 0 Å². The third-order valence-corrected chi connectivity index (χ3v) is 1.94. The van der Waals surface area contributed by atoms with Crippen LogP contribution in [0.2, 0.25) is 0 Å². The molecule has 2 fully saturated rings. The fraction of sp³-hybridized carbons (Fsp3) is 0.857. The molecule has 2 saturated heterocycles. The summed E-state index contributed by atoms with van der Waals surface area (Å²) in [4.78, 5) is 8.36. The monoisotopic (exact) mass is 159 g/mol. The van der Waals surface area contributed by atoms with Gasteiger partial charge in [-0.15, -0.1) is 0 Å². The minimum atomic E-state index is -0.250. The number of ether oxygens (including phenoxy) is 1. The van der Waals surface area contributed by atoms with Crippen molar-refractivity contribution in [1.82, 2.24) is 5.32 Å². The number of hydrogen-bond acceptors (Lipinski definition) is 3. The van der Waals surface area contributed by atoms with Crippen LogP contribution < -0.4 is 5.32 Å². The van der Waals surface area contributed by atoms with Crippen LogP contribution in [0.5, 0.6) is 0 Å². The number of fused-ring (bicyclic) bond motifs is 2. The maximum atomic E-state index is 8.36. The van der Waals surface area contributed by atoms with Crippen LogP contribution in [-0.2, 0) is 9.53 Å². The van der Waals surface area contributed by atoms with Crippen LogP contribution in [0.4, 0.5) is 0 Å². The zero-order valence-electron chi connectivity index (χ0n) is 6.32. The zero-order valence-corrected chi connectivity index (χ0v) is 6.32. The first-order valence-electron chi connectivity index (χ1n) is 3.81. The molecule has 0 aliphatic carbocycles. The molecule has 4 heteroatoms. The van der Waals surface area contributed by atoms with Crippen molar-refractivity contribution in [3.8, 4) is 0 Å². The molecule has 0 aromatic carbocycles. The van der Waals surface area contributed by atoms with Crippen molar-refractivity contribution < 1.29 is 14.6 Å². The van der Waals surface area contributed by atoms with Gasteiger partial charge in [0, 0.05) is 13.1 Å². The Hall–Kier alpha value is -0.610. The van der Waals surface area contributed by atoms with Gasteiger partial charge in [-0.05, 0) is 12.8 Å². The van der Waals surface area contributed by atoms with Crippen LogP contribution in [0.3, 0.4) is 0 Å². The van der Waals surface area contributed by atoms with Crippen molar-refractivity contribution in [2.75, 3.05) is 13.1 Å². The number of rotatable bonds is 0. The van der Waals surface area contributed by atoms with E-state index in [-0.39, 0.29) is 6.47 Å². The van der Waals surface area contributed by atoms with E-state index in [1.54, 1.807) is 0 Å². The molecule has 2 aliphatic heterocycles. The summed E-state index contributed by atoms with van der Waals surface area (Å²) < 4.78 is 5.53. The second-order valence-corrected chi connectivity index (χ2v) is 2.72. The Morgan fingerprint density at radius 2 is 1.82 bits per heavy atom. The molecule has 64 valence electrons. The number of carboxylic acid groups (broad SMARTS) is 1. The van der Waals surface area contributed by atoms with E-state index in [1.165, 1.54) is 12.8 Å². The molecule has 0 saturated carbocycles. The van der Waals surface area contributed by atoms with Gasteiger partial charge in [-0.1, -0.05) is 0 Å². The normalized spacial score (nSPS) is 33.8. The molecule has 11 heavy (non-hydrogen) atoms. The van der Waals surface area contributed by atoms with Gasteiger partial charge in [0.2, 0.25) is 0 Å². The Morgan fingerprint density at radius 1 is 1.36 bits per heavy atom. The third-order valence-electron chi connectivity index (χ3n) is 1.94. The molecule has 0 radical (unpaired) electrons. The second-order valence-electron chi connectivity index (χ2n) is 2.72. The van der Waals surface area contributed by atoms with Crippen LogP contribution in [-0.4, -0.2) is 36.9 Å². The van der Waals surface area contributed by atoms with E-state index in [2.05, 4.69) is 5.32 Å². The first-order valence-corrected chi connectivity index (χ1v) is 3.81. The summed E-state index contributed by atoms with van der Waals surface area (Å²) in [5.74, 6) is 0. The van der Waals surface area contributed by atoms with E-state index >= 15 is 0 Å². The summed E-state index contributed by atoms with van der Waals surface area (Å²) in [5, 5.41) is 10.2. The Bertz CT molecular complexity index is 115. The van der Waals surface area contributed by atoms with Gasteiger partial charge in [0.15, 0.2) is 0 Å². The van der Waals surface area contributed by atoms with Crippen LogP contribution in [0.15, 0.2) is 0 Å². The maximum Gasteiger partial charge on any atom is 0.290 e. The predicted octanol–water partition coefficient (Wildman–Crippen LogP) is -0.162. The van der Waals surface area contributed by atoms with Crippen molar-refractivity contribution in [3.63, 3.8) is 0 Å². The van der Waals surface area contributed by atoms with Gasteiger partial charge in [-0.25, -0.2) is 0 Å². The average Bonchev–Trinajstić information content (AvgIpc) is 2.33. The van der Waals surface area contributed by atoms with E-state index in [1.807, 2.05) is 0 Å². The van der Waals surface area contributed by atoms with Crippen LogP contribution in [0.25, 0.3) is 0 Å². The van der Waals surface area contributed by atoms with Crippen molar-refractivity contribution in [2.24, 2.45) is 0 Å². The van der Waals surface area contributed by atoms with Crippen molar-refractivity contribution in [2.45, 2.75) is 25.0 Å². The topological polar surface area (TPSA) is 58.6 Å². The molecule has 2 unspecified atom stereocenters. The number of nitrogens with one attached hydrogen (secondary N) is 1. The number of morpholine rings is 1. The lowest BCUT2D eigenvalue weighted by atomic mass is 10.2. The highest BCUT2D eigenvalue weighted by atomic mass is 16.5. The van der Waals surface area contributed by atoms with Gasteiger partial charge in [-0.3, -0.25) is 4.79 Å². The summed E-state index contributed by atoms with van der Waals surface area (Å²) in [5.41, 5.74) is 0. The van der Waals surface area contributed by atoms with Gasteiger partial charge in [0.1, 0.15) is 0 Å². The summed E-state index contributed by atoms with van der Waals surface area (Å²) in [6, 6.07) is 0. The van der Waals surface area contributed by atoms with E-state index < -0.39 is 0 Å². The molecular formula is C7H13NO3. The third kappa shape index (κ3) is 2.48. The minimum absolute atomic E-state index is 0.250. The Kier molecular flexibility index (Phi) is 3.32. The fourth-order valence-electron chi connectivity index (χ4n) is 1.49. The first kappa shape index (κ1) is 8.49. The first-order chi connectivity index (χ1) is 5.36. The molecular weight excluding hydrogens is 146 g/mol. The lowest BCUT2D eigenvalue weighted by molar-refractivity contribution is -0.122. The fourth-order valence-corrected chi connectivity index (χ4v) is 1.49. The second kappa shape index (κ2) is 4.31. The standard InChI is InChI=1S/C6H11NO.CH2O2/c1-2-6-4-7-3-5(1)8-6;2-1-3/h5-7H,1-4H2;1H,(H,2,3). The lowest BCUT2D eigenvalue weighted by Gasteiger charge is -2.20. The summed E-state index contributed by atoms with van der Waals surface area (Å²) in [7, 11) is 0. The Balaban J connectivity index is 0.000000179. The molecule has 2 N–H and O–H groups in total. The minimum Gasteiger partial charge on any atom is -0.483 e. The van der Waals surface area contributed by atoms with Gasteiger partial charge in [0.25, 0.3) is 6.47 Å². The molecule has 0 aromatic heterocycles. The highest BCUT2D eigenvalue weighted by molar-refractivity contribution is 5.32. The molecule has 2 heterocycles. The quantitative estimate of drug-likeness (QED) is 0.482. The smallest absolute Gasteiger partial charge is 0.290 e. The van der Waals surface area contributed by atoms with Crippen molar-refractivity contribution in [1.29, 1.82) is 0 Å². The summed E-state index contributed by atoms with van der Waals surface area (Å²) in [6.45, 7) is 1.91. The largest absolute Gasteiger partial charge is 0.483 e. The van der Waals surface area contributed by atoms with Crippen LogP contribution in [0.1, 0.15) is 12.8 Å². The average molecular weight is 159 g/mol. The maximum absolute atomic E-state index is 8.36. The van der Waals surface area contributed by atoms with E-state index in [4.69, 9.17) is 14.6 Å². The molecule has 4 nitrogen and oxygen atoms in total. The SMILES string of the molecule is C1CC2CNCC1O2.O=CO. The zero-order chi connectivity index (χ0) is 8.10. The number of hydrogen-bond donors (Lipinski definition) is 2. The molecule has 0 spiro atoms. The highest BCUT2D eigenvalue weighted by Crippen LogP contribution is 2.21.